The smallest absolute Gasteiger partial charge is 0.0963 e. The zero-order valence-corrected chi connectivity index (χ0v) is 15.1. The highest BCUT2D eigenvalue weighted by Crippen LogP contribution is 2.36. The molecule has 2 aromatic heterocycles. The van der Waals surface area contributed by atoms with E-state index in [1.807, 2.05) is 24.8 Å². The van der Waals surface area contributed by atoms with Gasteiger partial charge in [-0.2, -0.15) is 0 Å². The molecule has 0 amide bonds. The van der Waals surface area contributed by atoms with Gasteiger partial charge in [0.15, 0.2) is 0 Å². The van der Waals surface area contributed by atoms with E-state index in [1.165, 1.54) is 10.9 Å². The van der Waals surface area contributed by atoms with Gasteiger partial charge in [0.2, 0.25) is 0 Å². The molecule has 1 aliphatic heterocycles. The number of benzene rings is 2. The number of hydrogen-bond acceptors (Lipinski definition) is 3. The molecule has 4 aromatic rings. The van der Waals surface area contributed by atoms with Crippen molar-refractivity contribution in [2.45, 2.75) is 25.5 Å². The molecule has 0 N–H and O–H groups in total. The average molecular weight is 355 g/mol. The molecular weight excluding hydrogens is 334 g/mol. The number of ether oxygens (including phenoxy) is 1. The molecule has 27 heavy (non-hydrogen) atoms. The van der Waals surface area contributed by atoms with Crippen LogP contribution in [0.1, 0.15) is 12.8 Å². The number of imidazole rings is 1. The summed E-state index contributed by atoms with van der Waals surface area (Å²) >= 11 is 0. The number of rotatable bonds is 4. The molecule has 0 unspecified atom stereocenters. The van der Waals surface area contributed by atoms with Gasteiger partial charge in [0.1, 0.15) is 0 Å². The van der Waals surface area contributed by atoms with Crippen LogP contribution in [-0.4, -0.2) is 27.2 Å². The SMILES string of the molecule is c1ccc(-c2ncn(C[C@H]3CCCO3)c2-c2cccc3cnccc23)cc1. The van der Waals surface area contributed by atoms with Crippen molar-refractivity contribution in [3.63, 3.8) is 0 Å². The van der Waals surface area contributed by atoms with Gasteiger partial charge in [0.25, 0.3) is 0 Å². The van der Waals surface area contributed by atoms with Gasteiger partial charge in [-0.25, -0.2) is 4.98 Å². The number of aromatic nitrogens is 3. The van der Waals surface area contributed by atoms with Crippen molar-refractivity contribution >= 4 is 10.8 Å². The molecule has 0 spiro atoms. The molecule has 5 rings (SSSR count). The van der Waals surface area contributed by atoms with Gasteiger partial charge in [-0.05, 0) is 24.3 Å². The molecule has 1 saturated heterocycles. The topological polar surface area (TPSA) is 39.9 Å². The van der Waals surface area contributed by atoms with Crippen LogP contribution in [0.4, 0.5) is 0 Å². The Morgan fingerprint density at radius 1 is 1.04 bits per heavy atom. The minimum atomic E-state index is 0.262. The lowest BCUT2D eigenvalue weighted by molar-refractivity contribution is 0.0973. The Balaban J connectivity index is 1.71. The highest BCUT2D eigenvalue weighted by Gasteiger charge is 2.21. The molecule has 0 saturated carbocycles. The summed E-state index contributed by atoms with van der Waals surface area (Å²) in [6.45, 7) is 1.69. The summed E-state index contributed by atoms with van der Waals surface area (Å²) in [5, 5.41) is 2.33. The van der Waals surface area contributed by atoms with Crippen molar-refractivity contribution < 1.29 is 4.74 Å². The molecule has 0 aliphatic carbocycles. The lowest BCUT2D eigenvalue weighted by Crippen LogP contribution is -2.15. The second-order valence-electron chi connectivity index (χ2n) is 7.00. The average Bonchev–Trinajstić information content (AvgIpc) is 3.39. The van der Waals surface area contributed by atoms with Crippen LogP contribution in [0.3, 0.4) is 0 Å². The predicted octanol–water partition coefficient (Wildman–Crippen LogP) is 4.94. The summed E-state index contributed by atoms with van der Waals surface area (Å²) in [6.07, 6.45) is 8.24. The van der Waals surface area contributed by atoms with E-state index in [0.29, 0.717) is 0 Å². The largest absolute Gasteiger partial charge is 0.376 e. The van der Waals surface area contributed by atoms with Crippen molar-refractivity contribution in [1.82, 2.24) is 14.5 Å². The van der Waals surface area contributed by atoms with E-state index in [-0.39, 0.29) is 6.10 Å². The van der Waals surface area contributed by atoms with Crippen LogP contribution >= 0.6 is 0 Å². The maximum atomic E-state index is 5.89. The van der Waals surface area contributed by atoms with Gasteiger partial charge in [-0.3, -0.25) is 4.98 Å². The summed E-state index contributed by atoms with van der Waals surface area (Å²) < 4.78 is 8.15. The first-order valence-corrected chi connectivity index (χ1v) is 9.45. The van der Waals surface area contributed by atoms with Crippen molar-refractivity contribution in [2.24, 2.45) is 0 Å². The Bertz CT molecular complexity index is 1060. The highest BCUT2D eigenvalue weighted by atomic mass is 16.5. The highest BCUT2D eigenvalue weighted by molar-refractivity contribution is 5.98. The van der Waals surface area contributed by atoms with Crippen LogP contribution in [0.15, 0.2) is 73.3 Å². The zero-order chi connectivity index (χ0) is 18.1. The Morgan fingerprint density at radius 2 is 1.96 bits per heavy atom. The van der Waals surface area contributed by atoms with E-state index < -0.39 is 0 Å². The molecule has 4 nitrogen and oxygen atoms in total. The molecule has 1 fully saturated rings. The third-order valence-corrected chi connectivity index (χ3v) is 5.25. The quantitative estimate of drug-likeness (QED) is 0.520. The van der Waals surface area contributed by atoms with Crippen LogP contribution in [0.25, 0.3) is 33.3 Å². The van der Waals surface area contributed by atoms with Gasteiger partial charge in [-0.1, -0.05) is 48.5 Å². The summed E-state index contributed by atoms with van der Waals surface area (Å²) in [5.41, 5.74) is 4.47. The Morgan fingerprint density at radius 3 is 2.81 bits per heavy atom. The lowest BCUT2D eigenvalue weighted by Gasteiger charge is -2.16. The summed E-state index contributed by atoms with van der Waals surface area (Å²) in [5.74, 6) is 0. The van der Waals surface area contributed by atoms with Gasteiger partial charge in [0.05, 0.1) is 30.4 Å². The fraction of sp³-hybridized carbons (Fsp3) is 0.217. The molecule has 0 bridgehead atoms. The second kappa shape index (κ2) is 6.97. The predicted molar refractivity (Wildman–Crippen MR) is 107 cm³/mol. The number of fused-ring (bicyclic) bond motifs is 1. The first-order valence-electron chi connectivity index (χ1n) is 9.45. The fourth-order valence-corrected chi connectivity index (χ4v) is 3.95. The summed E-state index contributed by atoms with van der Waals surface area (Å²) in [4.78, 5) is 9.08. The van der Waals surface area contributed by atoms with Crippen molar-refractivity contribution in [3.05, 3.63) is 73.3 Å². The fourth-order valence-electron chi connectivity index (χ4n) is 3.95. The van der Waals surface area contributed by atoms with E-state index in [1.54, 1.807) is 0 Å². The van der Waals surface area contributed by atoms with Crippen molar-refractivity contribution in [3.8, 4) is 22.5 Å². The van der Waals surface area contributed by atoms with Gasteiger partial charge in [-0.15, -0.1) is 0 Å². The molecule has 2 aromatic carbocycles. The van der Waals surface area contributed by atoms with E-state index >= 15 is 0 Å². The monoisotopic (exact) mass is 355 g/mol. The Kier molecular flexibility index (Phi) is 4.18. The number of pyridine rings is 1. The van der Waals surface area contributed by atoms with Gasteiger partial charge < -0.3 is 9.30 Å². The Labute approximate surface area is 158 Å². The number of hydrogen-bond donors (Lipinski definition) is 0. The maximum Gasteiger partial charge on any atom is 0.0963 e. The Hall–Kier alpha value is -2.98. The van der Waals surface area contributed by atoms with Crippen molar-refractivity contribution in [2.75, 3.05) is 6.61 Å². The first-order chi connectivity index (χ1) is 13.4. The standard InChI is InChI=1S/C23H21N3O/c1-2-6-17(7-3-1)22-23(26(16-25-22)15-19-9-5-13-27-19)21-10-4-8-18-14-24-12-11-20(18)21/h1-4,6-8,10-12,14,16,19H,5,9,13,15H2/t19-/m1/s1. The molecule has 1 aliphatic rings. The number of nitrogens with zero attached hydrogens (tertiary/aromatic N) is 3. The third kappa shape index (κ3) is 3.02. The van der Waals surface area contributed by atoms with Crippen LogP contribution in [-0.2, 0) is 11.3 Å². The normalized spacial score (nSPS) is 16.8. The molecule has 4 heteroatoms. The molecule has 1 atom stereocenters. The van der Waals surface area contributed by atoms with E-state index in [2.05, 4.69) is 58.1 Å². The van der Waals surface area contributed by atoms with E-state index in [9.17, 15) is 0 Å². The van der Waals surface area contributed by atoms with E-state index in [4.69, 9.17) is 9.72 Å². The summed E-state index contributed by atoms with van der Waals surface area (Å²) in [6, 6.07) is 18.9. The minimum Gasteiger partial charge on any atom is -0.376 e. The lowest BCUT2D eigenvalue weighted by atomic mass is 9.99. The second-order valence-corrected chi connectivity index (χ2v) is 7.00. The molecular formula is C23H21N3O. The van der Waals surface area contributed by atoms with Gasteiger partial charge in [0, 0.05) is 35.5 Å². The van der Waals surface area contributed by atoms with Crippen LogP contribution in [0.5, 0.6) is 0 Å². The minimum absolute atomic E-state index is 0.262. The van der Waals surface area contributed by atoms with Crippen LogP contribution in [0.2, 0.25) is 0 Å². The van der Waals surface area contributed by atoms with Crippen LogP contribution < -0.4 is 0 Å². The first kappa shape index (κ1) is 16.2. The molecule has 3 heterocycles. The van der Waals surface area contributed by atoms with Gasteiger partial charge >= 0.3 is 0 Å². The van der Waals surface area contributed by atoms with E-state index in [0.717, 1.165) is 48.3 Å². The zero-order valence-electron chi connectivity index (χ0n) is 15.1. The maximum absolute atomic E-state index is 5.89. The van der Waals surface area contributed by atoms with Crippen molar-refractivity contribution in [1.29, 1.82) is 0 Å². The molecule has 0 radical (unpaired) electrons. The molecule has 134 valence electrons. The summed E-state index contributed by atoms with van der Waals surface area (Å²) in [7, 11) is 0. The van der Waals surface area contributed by atoms with Crippen LogP contribution in [0, 0.1) is 0 Å². The third-order valence-electron chi connectivity index (χ3n) is 5.25.